The standard InChI is InChI=1S/C21H23NO3/c1-14(2)17-9-5-7-11-19(17)24-13-21(23)22-15(3)20-12-16-8-4-6-10-18(16)25-20/h4-12,14-15H,13H2,1-3H3,(H,22,23)/t15-/m1/s1. The Labute approximate surface area is 147 Å². The molecule has 25 heavy (non-hydrogen) atoms. The first-order valence-electron chi connectivity index (χ1n) is 8.54. The Morgan fingerprint density at radius 2 is 1.80 bits per heavy atom. The van der Waals surface area contributed by atoms with Gasteiger partial charge in [-0.1, -0.05) is 50.2 Å². The maximum absolute atomic E-state index is 12.2. The van der Waals surface area contributed by atoms with E-state index in [9.17, 15) is 4.79 Å². The van der Waals surface area contributed by atoms with Gasteiger partial charge in [0, 0.05) is 5.39 Å². The fraction of sp³-hybridized carbons (Fsp3) is 0.286. The molecule has 4 heteroatoms. The molecule has 0 saturated heterocycles. The van der Waals surface area contributed by atoms with Gasteiger partial charge >= 0.3 is 0 Å². The Morgan fingerprint density at radius 3 is 2.56 bits per heavy atom. The minimum atomic E-state index is -0.219. The van der Waals surface area contributed by atoms with Crippen LogP contribution in [0.1, 0.15) is 44.1 Å². The molecule has 0 saturated carbocycles. The average molecular weight is 337 g/mol. The number of para-hydroxylation sites is 2. The molecule has 0 bridgehead atoms. The van der Waals surface area contributed by atoms with Crippen LogP contribution >= 0.6 is 0 Å². The number of fused-ring (bicyclic) bond motifs is 1. The molecule has 1 N–H and O–H groups in total. The Hall–Kier alpha value is -2.75. The lowest BCUT2D eigenvalue weighted by Crippen LogP contribution is -2.31. The van der Waals surface area contributed by atoms with Gasteiger partial charge in [-0.2, -0.15) is 0 Å². The predicted molar refractivity (Wildman–Crippen MR) is 98.8 cm³/mol. The number of carbonyl (C=O) groups is 1. The third-order valence-electron chi connectivity index (χ3n) is 4.15. The van der Waals surface area contributed by atoms with Crippen molar-refractivity contribution in [1.82, 2.24) is 5.32 Å². The van der Waals surface area contributed by atoms with Crippen molar-refractivity contribution in [3.05, 3.63) is 65.9 Å². The predicted octanol–water partition coefficient (Wildman–Crippen LogP) is 4.81. The number of rotatable bonds is 6. The molecule has 1 amide bonds. The fourth-order valence-corrected chi connectivity index (χ4v) is 2.80. The number of ether oxygens (including phenoxy) is 1. The van der Waals surface area contributed by atoms with Gasteiger partial charge in [0.05, 0.1) is 6.04 Å². The second-order valence-corrected chi connectivity index (χ2v) is 6.46. The lowest BCUT2D eigenvalue weighted by atomic mass is 10.0. The zero-order valence-corrected chi connectivity index (χ0v) is 14.8. The van der Waals surface area contributed by atoms with Gasteiger partial charge in [0.25, 0.3) is 5.91 Å². The van der Waals surface area contributed by atoms with Crippen LogP contribution in [0.5, 0.6) is 5.75 Å². The number of hydrogen-bond donors (Lipinski definition) is 1. The molecular weight excluding hydrogens is 314 g/mol. The molecule has 1 aromatic heterocycles. The molecule has 0 aliphatic rings. The van der Waals surface area contributed by atoms with Crippen LogP contribution in [-0.4, -0.2) is 12.5 Å². The van der Waals surface area contributed by atoms with Crippen LogP contribution in [0.15, 0.2) is 59.0 Å². The molecular formula is C21H23NO3. The summed E-state index contributed by atoms with van der Waals surface area (Å²) in [6.45, 7) is 6.09. The van der Waals surface area contributed by atoms with Crippen molar-refractivity contribution in [1.29, 1.82) is 0 Å². The largest absolute Gasteiger partial charge is 0.483 e. The highest BCUT2D eigenvalue weighted by Crippen LogP contribution is 2.26. The number of nitrogens with one attached hydrogen (secondary N) is 1. The van der Waals surface area contributed by atoms with Crippen LogP contribution in [-0.2, 0) is 4.79 Å². The molecule has 0 aliphatic carbocycles. The molecule has 130 valence electrons. The van der Waals surface area contributed by atoms with Crippen LogP contribution in [0.3, 0.4) is 0 Å². The Kier molecular flexibility index (Phi) is 5.08. The first-order valence-corrected chi connectivity index (χ1v) is 8.54. The fourth-order valence-electron chi connectivity index (χ4n) is 2.80. The molecule has 0 fully saturated rings. The Morgan fingerprint density at radius 1 is 1.08 bits per heavy atom. The van der Waals surface area contributed by atoms with Gasteiger partial charge in [0.1, 0.15) is 17.1 Å². The Bertz CT molecular complexity index is 833. The maximum Gasteiger partial charge on any atom is 0.258 e. The number of furan rings is 1. The van der Waals surface area contributed by atoms with E-state index in [-0.39, 0.29) is 18.6 Å². The topological polar surface area (TPSA) is 51.5 Å². The van der Waals surface area contributed by atoms with E-state index in [4.69, 9.17) is 9.15 Å². The van der Waals surface area contributed by atoms with Crippen LogP contribution in [0, 0.1) is 0 Å². The average Bonchev–Trinajstić information content (AvgIpc) is 3.04. The van der Waals surface area contributed by atoms with Gasteiger partial charge in [-0.15, -0.1) is 0 Å². The molecule has 2 aromatic carbocycles. The summed E-state index contributed by atoms with van der Waals surface area (Å²) in [6, 6.07) is 17.3. The van der Waals surface area contributed by atoms with Gasteiger partial charge in [-0.3, -0.25) is 4.79 Å². The molecule has 0 unspecified atom stereocenters. The molecule has 1 atom stereocenters. The molecule has 4 nitrogen and oxygen atoms in total. The number of amides is 1. The summed E-state index contributed by atoms with van der Waals surface area (Å²) < 4.78 is 11.5. The van der Waals surface area contributed by atoms with Crippen molar-refractivity contribution >= 4 is 16.9 Å². The van der Waals surface area contributed by atoms with Crippen molar-refractivity contribution in [3.63, 3.8) is 0 Å². The van der Waals surface area contributed by atoms with Gasteiger partial charge in [0.2, 0.25) is 0 Å². The smallest absolute Gasteiger partial charge is 0.258 e. The normalized spacial score (nSPS) is 12.3. The van der Waals surface area contributed by atoms with E-state index in [1.807, 2.05) is 61.5 Å². The van der Waals surface area contributed by atoms with Gasteiger partial charge in [-0.05, 0) is 36.6 Å². The lowest BCUT2D eigenvalue weighted by molar-refractivity contribution is -0.123. The summed E-state index contributed by atoms with van der Waals surface area (Å²) in [7, 11) is 0. The van der Waals surface area contributed by atoms with Crippen molar-refractivity contribution in [2.75, 3.05) is 6.61 Å². The van der Waals surface area contributed by atoms with E-state index in [2.05, 4.69) is 19.2 Å². The van der Waals surface area contributed by atoms with Crippen LogP contribution in [0.25, 0.3) is 11.0 Å². The summed E-state index contributed by atoms with van der Waals surface area (Å²) in [5.74, 6) is 1.65. The highest BCUT2D eigenvalue weighted by Gasteiger charge is 2.15. The van der Waals surface area contributed by atoms with E-state index in [1.165, 1.54) is 0 Å². The highest BCUT2D eigenvalue weighted by atomic mass is 16.5. The van der Waals surface area contributed by atoms with Crippen molar-refractivity contribution in [2.24, 2.45) is 0 Å². The SMILES string of the molecule is CC(C)c1ccccc1OCC(=O)N[C@H](C)c1cc2ccccc2o1. The summed E-state index contributed by atoms with van der Waals surface area (Å²) in [5.41, 5.74) is 1.92. The highest BCUT2D eigenvalue weighted by molar-refractivity contribution is 5.79. The second-order valence-electron chi connectivity index (χ2n) is 6.46. The van der Waals surface area contributed by atoms with Crippen molar-refractivity contribution in [3.8, 4) is 5.75 Å². The van der Waals surface area contributed by atoms with Crippen LogP contribution in [0.4, 0.5) is 0 Å². The summed E-state index contributed by atoms with van der Waals surface area (Å²) in [4.78, 5) is 12.2. The molecule has 1 heterocycles. The number of carbonyl (C=O) groups excluding carboxylic acids is 1. The minimum absolute atomic E-state index is 0.0195. The summed E-state index contributed by atoms with van der Waals surface area (Å²) in [5, 5.41) is 3.95. The minimum Gasteiger partial charge on any atom is -0.483 e. The summed E-state index contributed by atoms with van der Waals surface area (Å²) >= 11 is 0. The molecule has 0 radical (unpaired) electrons. The second kappa shape index (κ2) is 7.43. The Balaban J connectivity index is 1.61. The van der Waals surface area contributed by atoms with Crippen molar-refractivity contribution < 1.29 is 13.9 Å². The monoisotopic (exact) mass is 337 g/mol. The van der Waals surface area contributed by atoms with Crippen LogP contribution in [0.2, 0.25) is 0 Å². The first kappa shape index (κ1) is 17.1. The molecule has 0 spiro atoms. The quantitative estimate of drug-likeness (QED) is 0.702. The molecule has 0 aliphatic heterocycles. The van der Waals surface area contributed by atoms with E-state index >= 15 is 0 Å². The number of benzene rings is 2. The van der Waals surface area contributed by atoms with Crippen molar-refractivity contribution in [2.45, 2.75) is 32.7 Å². The third-order valence-corrected chi connectivity index (χ3v) is 4.15. The third kappa shape index (κ3) is 4.02. The van der Waals surface area contributed by atoms with Gasteiger partial charge in [-0.25, -0.2) is 0 Å². The van der Waals surface area contributed by atoms with E-state index in [0.717, 1.165) is 28.0 Å². The maximum atomic E-state index is 12.2. The van der Waals surface area contributed by atoms with E-state index < -0.39 is 0 Å². The zero-order chi connectivity index (χ0) is 17.8. The van der Waals surface area contributed by atoms with E-state index in [0.29, 0.717) is 5.92 Å². The summed E-state index contributed by atoms with van der Waals surface area (Å²) in [6.07, 6.45) is 0. The first-order chi connectivity index (χ1) is 12.0. The van der Waals surface area contributed by atoms with Gasteiger partial charge < -0.3 is 14.5 Å². The lowest BCUT2D eigenvalue weighted by Gasteiger charge is -2.15. The zero-order valence-electron chi connectivity index (χ0n) is 14.8. The van der Waals surface area contributed by atoms with Crippen LogP contribution < -0.4 is 10.1 Å². The van der Waals surface area contributed by atoms with E-state index in [1.54, 1.807) is 0 Å². The molecule has 3 rings (SSSR count). The van der Waals surface area contributed by atoms with Gasteiger partial charge in [0.15, 0.2) is 6.61 Å². The number of hydrogen-bond acceptors (Lipinski definition) is 3. The molecule has 3 aromatic rings.